The van der Waals surface area contributed by atoms with Crippen LogP contribution in [0.25, 0.3) is 5.69 Å². The maximum Gasteiger partial charge on any atom is 0.358 e. The van der Waals surface area contributed by atoms with E-state index in [1.165, 1.54) is 6.42 Å². The molecule has 0 spiro atoms. The molecule has 1 aliphatic rings. The van der Waals surface area contributed by atoms with Gasteiger partial charge in [0.1, 0.15) is 0 Å². The second-order valence-electron chi connectivity index (χ2n) is 5.33. The van der Waals surface area contributed by atoms with Crippen LogP contribution in [0.3, 0.4) is 0 Å². The van der Waals surface area contributed by atoms with Crippen molar-refractivity contribution in [2.75, 3.05) is 0 Å². The number of nitrogens with zero attached hydrogens (tertiary/aromatic N) is 3. The summed E-state index contributed by atoms with van der Waals surface area (Å²) < 4.78 is 2.56. The predicted octanol–water partition coefficient (Wildman–Crippen LogP) is 3.78. The quantitative estimate of drug-likeness (QED) is 0.915. The minimum Gasteiger partial charge on any atom is -0.476 e. The number of para-hydroxylation sites is 1. The summed E-state index contributed by atoms with van der Waals surface area (Å²) in [6, 6.07) is 7.66. The minimum atomic E-state index is -1.01. The first-order valence-electron chi connectivity index (χ1n) is 7.12. The van der Waals surface area contributed by atoms with Gasteiger partial charge in [-0.05, 0) is 40.9 Å². The molecule has 0 aliphatic heterocycles. The smallest absolute Gasteiger partial charge is 0.358 e. The van der Waals surface area contributed by atoms with E-state index < -0.39 is 5.97 Å². The number of carbonyl (C=O) groups is 1. The van der Waals surface area contributed by atoms with Gasteiger partial charge in [-0.25, -0.2) is 9.48 Å². The number of carboxylic acid groups (broad SMARTS) is 1. The Labute approximate surface area is 131 Å². The number of hydrogen-bond acceptors (Lipinski definition) is 3. The van der Waals surface area contributed by atoms with Crippen molar-refractivity contribution in [2.24, 2.45) is 0 Å². The fourth-order valence-corrected chi connectivity index (χ4v) is 3.44. The predicted molar refractivity (Wildman–Crippen MR) is 81.8 cm³/mol. The van der Waals surface area contributed by atoms with Crippen molar-refractivity contribution in [3.8, 4) is 5.69 Å². The zero-order valence-electron chi connectivity index (χ0n) is 11.5. The molecule has 1 aromatic carbocycles. The van der Waals surface area contributed by atoms with Crippen LogP contribution >= 0.6 is 15.9 Å². The molecule has 5 nitrogen and oxygen atoms in total. The van der Waals surface area contributed by atoms with Crippen LogP contribution in [0, 0.1) is 0 Å². The van der Waals surface area contributed by atoms with E-state index in [9.17, 15) is 9.90 Å². The molecule has 2 aromatic rings. The van der Waals surface area contributed by atoms with Gasteiger partial charge >= 0.3 is 5.97 Å². The van der Waals surface area contributed by atoms with Gasteiger partial charge in [-0.1, -0.05) is 36.6 Å². The Hall–Kier alpha value is -1.69. The van der Waals surface area contributed by atoms with Crippen molar-refractivity contribution >= 4 is 21.9 Å². The van der Waals surface area contributed by atoms with Crippen molar-refractivity contribution in [1.82, 2.24) is 15.0 Å². The number of benzene rings is 1. The fourth-order valence-electron chi connectivity index (χ4n) is 2.99. The van der Waals surface area contributed by atoms with Gasteiger partial charge < -0.3 is 5.11 Å². The van der Waals surface area contributed by atoms with E-state index in [4.69, 9.17) is 0 Å². The minimum absolute atomic E-state index is 0.0812. The number of aromatic nitrogens is 3. The van der Waals surface area contributed by atoms with Crippen molar-refractivity contribution < 1.29 is 9.90 Å². The Bertz CT molecular complexity index is 663. The van der Waals surface area contributed by atoms with E-state index >= 15 is 0 Å². The second kappa shape index (κ2) is 5.97. The molecule has 21 heavy (non-hydrogen) atoms. The van der Waals surface area contributed by atoms with Crippen LogP contribution in [-0.2, 0) is 0 Å². The Morgan fingerprint density at radius 3 is 2.62 bits per heavy atom. The van der Waals surface area contributed by atoms with Gasteiger partial charge in [0.2, 0.25) is 0 Å². The van der Waals surface area contributed by atoms with Gasteiger partial charge in [-0.15, -0.1) is 5.10 Å². The molecule has 110 valence electrons. The number of aromatic carboxylic acids is 1. The number of carboxylic acids is 1. The lowest BCUT2D eigenvalue weighted by Gasteiger charge is -2.22. The van der Waals surface area contributed by atoms with Crippen LogP contribution in [0.2, 0.25) is 0 Å². The average molecular weight is 350 g/mol. The lowest BCUT2D eigenvalue weighted by atomic mass is 9.86. The summed E-state index contributed by atoms with van der Waals surface area (Å²) in [6.07, 6.45) is 5.47. The van der Waals surface area contributed by atoms with Gasteiger partial charge in [-0.3, -0.25) is 0 Å². The molecule has 1 saturated carbocycles. The maximum atomic E-state index is 11.5. The van der Waals surface area contributed by atoms with Gasteiger partial charge in [0, 0.05) is 10.4 Å². The lowest BCUT2D eigenvalue weighted by Crippen LogP contribution is -2.14. The first-order valence-corrected chi connectivity index (χ1v) is 7.91. The fraction of sp³-hybridized carbons (Fsp3) is 0.400. The van der Waals surface area contributed by atoms with Gasteiger partial charge in [0.15, 0.2) is 5.69 Å². The summed E-state index contributed by atoms with van der Waals surface area (Å²) in [5.74, 6) is -0.791. The third kappa shape index (κ3) is 2.72. The molecule has 3 rings (SSSR count). The number of hydrogen-bond donors (Lipinski definition) is 1. The summed E-state index contributed by atoms with van der Waals surface area (Å²) in [5.41, 5.74) is 1.64. The SMILES string of the molecule is O=C(O)c1nnn(-c2ccccc2Br)c1C1CCCCC1. The molecule has 0 saturated heterocycles. The summed E-state index contributed by atoms with van der Waals surface area (Å²) in [6.45, 7) is 0. The van der Waals surface area contributed by atoms with E-state index in [0.29, 0.717) is 0 Å². The van der Waals surface area contributed by atoms with Crippen LogP contribution in [-0.4, -0.2) is 26.1 Å². The number of rotatable bonds is 3. The molecule has 1 aromatic heterocycles. The van der Waals surface area contributed by atoms with Crippen LogP contribution in [0.5, 0.6) is 0 Å². The monoisotopic (exact) mass is 349 g/mol. The highest BCUT2D eigenvalue weighted by atomic mass is 79.9. The molecular formula is C15H16BrN3O2. The van der Waals surface area contributed by atoms with E-state index in [2.05, 4.69) is 26.2 Å². The molecule has 1 heterocycles. The first-order chi connectivity index (χ1) is 10.2. The Morgan fingerprint density at radius 1 is 1.24 bits per heavy atom. The Balaban J connectivity index is 2.12. The van der Waals surface area contributed by atoms with E-state index in [-0.39, 0.29) is 11.6 Å². The van der Waals surface area contributed by atoms with Crippen molar-refractivity contribution in [3.05, 3.63) is 40.1 Å². The highest BCUT2D eigenvalue weighted by Gasteiger charge is 2.28. The largest absolute Gasteiger partial charge is 0.476 e. The van der Waals surface area contributed by atoms with Crippen molar-refractivity contribution in [2.45, 2.75) is 38.0 Å². The standard InChI is InChI=1S/C15H16BrN3O2/c16-11-8-4-5-9-12(11)19-14(10-6-2-1-3-7-10)13(15(20)21)17-18-19/h4-5,8-10H,1-3,6-7H2,(H,20,21). The molecule has 0 atom stereocenters. The van der Waals surface area contributed by atoms with Gasteiger partial charge in [-0.2, -0.15) is 0 Å². The van der Waals surface area contributed by atoms with Crippen LogP contribution in [0.4, 0.5) is 0 Å². The van der Waals surface area contributed by atoms with E-state index in [1.54, 1.807) is 4.68 Å². The summed E-state index contributed by atoms with van der Waals surface area (Å²) in [5, 5.41) is 17.4. The Morgan fingerprint density at radius 2 is 1.95 bits per heavy atom. The summed E-state index contributed by atoms with van der Waals surface area (Å²) in [7, 11) is 0. The molecule has 1 aliphatic carbocycles. The average Bonchev–Trinajstić information content (AvgIpc) is 2.93. The van der Waals surface area contributed by atoms with Crippen molar-refractivity contribution in [3.63, 3.8) is 0 Å². The molecule has 0 radical (unpaired) electrons. The number of halogens is 1. The first kappa shape index (κ1) is 14.3. The van der Waals surface area contributed by atoms with Gasteiger partial charge in [0.05, 0.1) is 11.4 Å². The van der Waals surface area contributed by atoms with E-state index in [1.807, 2.05) is 24.3 Å². The lowest BCUT2D eigenvalue weighted by molar-refractivity contribution is 0.0688. The summed E-state index contributed by atoms with van der Waals surface area (Å²) in [4.78, 5) is 11.5. The molecule has 1 fully saturated rings. The normalized spacial score (nSPS) is 16.0. The Kier molecular flexibility index (Phi) is 4.05. The van der Waals surface area contributed by atoms with Crippen molar-refractivity contribution in [1.29, 1.82) is 0 Å². The highest BCUT2D eigenvalue weighted by molar-refractivity contribution is 9.10. The van der Waals surface area contributed by atoms with E-state index in [0.717, 1.165) is 41.5 Å². The molecule has 0 bridgehead atoms. The molecule has 1 N–H and O–H groups in total. The van der Waals surface area contributed by atoms with Crippen LogP contribution < -0.4 is 0 Å². The molecule has 6 heteroatoms. The molecule has 0 unspecified atom stereocenters. The topological polar surface area (TPSA) is 68.0 Å². The molecule has 0 amide bonds. The zero-order valence-corrected chi connectivity index (χ0v) is 13.1. The summed E-state index contributed by atoms with van der Waals surface area (Å²) >= 11 is 3.50. The third-order valence-electron chi connectivity index (χ3n) is 3.98. The second-order valence-corrected chi connectivity index (χ2v) is 6.18. The highest BCUT2D eigenvalue weighted by Crippen LogP contribution is 2.35. The van der Waals surface area contributed by atoms with Crippen LogP contribution in [0.15, 0.2) is 28.7 Å². The van der Waals surface area contributed by atoms with Gasteiger partial charge in [0.25, 0.3) is 0 Å². The molecular weight excluding hydrogens is 334 g/mol. The third-order valence-corrected chi connectivity index (χ3v) is 4.65. The zero-order chi connectivity index (χ0) is 14.8. The maximum absolute atomic E-state index is 11.5. The van der Waals surface area contributed by atoms with Crippen LogP contribution in [0.1, 0.15) is 54.2 Å².